The zero-order valence-corrected chi connectivity index (χ0v) is 15.6. The van der Waals surface area contributed by atoms with E-state index in [2.05, 4.69) is 15.9 Å². The summed E-state index contributed by atoms with van der Waals surface area (Å²) in [5.74, 6) is -0.602. The van der Waals surface area contributed by atoms with E-state index in [1.165, 1.54) is 16.2 Å². The number of nitrogens with zero attached hydrogens (tertiary/aromatic N) is 2. The summed E-state index contributed by atoms with van der Waals surface area (Å²) in [6, 6.07) is 9.75. The number of imide groups is 1. The van der Waals surface area contributed by atoms with Gasteiger partial charge in [0, 0.05) is 5.69 Å². The number of halogens is 1. The van der Waals surface area contributed by atoms with Crippen LogP contribution in [0.25, 0.3) is 0 Å². The van der Waals surface area contributed by atoms with Crippen molar-refractivity contribution < 1.29 is 14.4 Å². The normalized spacial score (nSPS) is 17.7. The maximum absolute atomic E-state index is 12.7. The molecule has 24 heavy (non-hydrogen) atoms. The van der Waals surface area contributed by atoms with Crippen molar-refractivity contribution in [3.05, 3.63) is 50.6 Å². The van der Waals surface area contributed by atoms with Gasteiger partial charge in [-0.25, -0.2) is 4.79 Å². The Morgan fingerprint density at radius 3 is 2.42 bits per heavy atom. The number of Topliss-reactive ketones (excluding diaryl/α,β-unsaturated/α-hetero) is 1. The number of carbonyl (C=O) groups excluding carboxylic acids is 3. The number of amides is 3. The largest absolute Gasteiger partial charge is 0.332 e. The number of rotatable bonds is 4. The molecular weight excluding hydrogens is 392 g/mol. The molecule has 3 rings (SSSR count). The number of hydrogen-bond acceptors (Lipinski definition) is 4. The highest BCUT2D eigenvalue weighted by atomic mass is 79.9. The molecule has 1 aliphatic rings. The van der Waals surface area contributed by atoms with E-state index < -0.39 is 12.1 Å². The lowest BCUT2D eigenvalue weighted by Gasteiger charge is -2.19. The molecule has 0 saturated carbocycles. The van der Waals surface area contributed by atoms with Crippen molar-refractivity contribution in [2.75, 3.05) is 11.4 Å². The molecule has 0 bridgehead atoms. The summed E-state index contributed by atoms with van der Waals surface area (Å²) < 4.78 is 0.833. The van der Waals surface area contributed by atoms with Crippen LogP contribution in [0, 0.1) is 6.92 Å². The van der Waals surface area contributed by atoms with Gasteiger partial charge >= 0.3 is 6.03 Å². The van der Waals surface area contributed by atoms with Gasteiger partial charge in [0.05, 0.1) is 15.2 Å². The van der Waals surface area contributed by atoms with E-state index in [0.29, 0.717) is 10.6 Å². The van der Waals surface area contributed by atoms with Crippen molar-refractivity contribution in [2.45, 2.75) is 19.9 Å². The quantitative estimate of drug-likeness (QED) is 0.571. The predicted molar refractivity (Wildman–Crippen MR) is 96.6 cm³/mol. The second-order valence-corrected chi connectivity index (χ2v) is 8.08. The molecular formula is C17H15BrN2O3S. The fourth-order valence-corrected chi connectivity index (χ4v) is 3.91. The van der Waals surface area contributed by atoms with Crippen molar-refractivity contribution in [3.63, 3.8) is 0 Å². The number of hydrogen-bond donors (Lipinski definition) is 0. The Bertz CT molecular complexity index is 815. The van der Waals surface area contributed by atoms with Crippen LogP contribution in [0.2, 0.25) is 0 Å². The van der Waals surface area contributed by atoms with Gasteiger partial charge in [-0.2, -0.15) is 0 Å². The average Bonchev–Trinajstić information content (AvgIpc) is 3.07. The maximum atomic E-state index is 12.7. The molecule has 124 valence electrons. The Morgan fingerprint density at radius 2 is 1.83 bits per heavy atom. The predicted octanol–water partition coefficient (Wildman–Crippen LogP) is 3.86. The first-order valence-corrected chi connectivity index (χ1v) is 8.99. The summed E-state index contributed by atoms with van der Waals surface area (Å²) in [4.78, 5) is 40.4. The third kappa shape index (κ3) is 3.01. The standard InChI is InChI=1S/C17H15BrN2O3S/c1-10-3-5-12(6-4-10)20-11(2)16(22)19(17(20)23)9-13(21)14-7-8-15(18)24-14/h3-8,11H,9H2,1-2H3. The van der Waals surface area contributed by atoms with E-state index in [-0.39, 0.29) is 18.2 Å². The molecule has 1 saturated heterocycles. The SMILES string of the molecule is Cc1ccc(N2C(=O)N(CC(=O)c3ccc(Br)s3)C(=O)C2C)cc1. The van der Waals surface area contributed by atoms with Crippen LogP contribution in [0.5, 0.6) is 0 Å². The highest BCUT2D eigenvalue weighted by molar-refractivity contribution is 9.11. The fraction of sp³-hybridized carbons (Fsp3) is 0.235. The van der Waals surface area contributed by atoms with Crippen LogP contribution in [0.15, 0.2) is 40.2 Å². The molecule has 0 N–H and O–H groups in total. The smallest absolute Gasteiger partial charge is 0.291 e. The van der Waals surface area contributed by atoms with Gasteiger partial charge in [-0.1, -0.05) is 17.7 Å². The van der Waals surface area contributed by atoms with Crippen LogP contribution >= 0.6 is 27.3 Å². The molecule has 1 unspecified atom stereocenters. The van der Waals surface area contributed by atoms with Crippen molar-refractivity contribution in [2.24, 2.45) is 0 Å². The van der Waals surface area contributed by atoms with Crippen LogP contribution in [0.1, 0.15) is 22.2 Å². The minimum atomic E-state index is -0.622. The second kappa shape index (κ2) is 6.49. The summed E-state index contributed by atoms with van der Waals surface area (Å²) in [5.41, 5.74) is 1.72. The van der Waals surface area contributed by atoms with Crippen LogP contribution in [0.4, 0.5) is 10.5 Å². The summed E-state index contributed by atoms with van der Waals surface area (Å²) in [7, 11) is 0. The minimum absolute atomic E-state index is 0.239. The summed E-state index contributed by atoms with van der Waals surface area (Å²) >= 11 is 4.59. The molecule has 1 aliphatic heterocycles. The monoisotopic (exact) mass is 406 g/mol. The lowest BCUT2D eigenvalue weighted by atomic mass is 10.2. The average molecular weight is 407 g/mol. The number of aryl methyl sites for hydroxylation is 1. The molecule has 2 heterocycles. The highest BCUT2D eigenvalue weighted by Gasteiger charge is 2.44. The summed E-state index contributed by atoms with van der Waals surface area (Å²) in [6.45, 7) is 3.39. The van der Waals surface area contributed by atoms with E-state index >= 15 is 0 Å². The zero-order valence-electron chi connectivity index (χ0n) is 13.2. The molecule has 1 fully saturated rings. The van der Waals surface area contributed by atoms with Crippen molar-refractivity contribution in [1.82, 2.24) is 4.90 Å². The van der Waals surface area contributed by atoms with Crippen LogP contribution in [-0.2, 0) is 4.79 Å². The molecule has 0 aliphatic carbocycles. The van der Waals surface area contributed by atoms with Gasteiger partial charge < -0.3 is 0 Å². The number of ketones is 1. The molecule has 7 heteroatoms. The van der Waals surface area contributed by atoms with Crippen molar-refractivity contribution >= 4 is 50.7 Å². The van der Waals surface area contributed by atoms with E-state index in [1.807, 2.05) is 19.1 Å². The first-order valence-electron chi connectivity index (χ1n) is 7.38. The number of benzene rings is 1. The topological polar surface area (TPSA) is 57.7 Å². The number of anilines is 1. The lowest BCUT2D eigenvalue weighted by molar-refractivity contribution is -0.126. The molecule has 0 radical (unpaired) electrons. The van der Waals surface area contributed by atoms with E-state index in [1.54, 1.807) is 31.2 Å². The maximum Gasteiger partial charge on any atom is 0.332 e. The molecule has 5 nitrogen and oxygen atoms in total. The van der Waals surface area contributed by atoms with Crippen molar-refractivity contribution in [1.29, 1.82) is 0 Å². The van der Waals surface area contributed by atoms with Gasteiger partial charge in [0.25, 0.3) is 5.91 Å². The first kappa shape index (κ1) is 16.9. The summed E-state index contributed by atoms with van der Waals surface area (Å²) in [5, 5.41) is 0. The Morgan fingerprint density at radius 1 is 1.17 bits per heavy atom. The number of thiophene rings is 1. The third-order valence-corrected chi connectivity index (χ3v) is 5.57. The molecule has 0 spiro atoms. The molecule has 1 atom stereocenters. The zero-order chi connectivity index (χ0) is 17.4. The lowest BCUT2D eigenvalue weighted by Crippen LogP contribution is -2.36. The van der Waals surface area contributed by atoms with Crippen molar-refractivity contribution in [3.8, 4) is 0 Å². The molecule has 1 aromatic heterocycles. The van der Waals surface area contributed by atoms with Gasteiger partial charge in [-0.15, -0.1) is 11.3 Å². The second-order valence-electron chi connectivity index (χ2n) is 5.62. The van der Waals surface area contributed by atoms with E-state index in [4.69, 9.17) is 0 Å². The van der Waals surface area contributed by atoms with Gasteiger partial charge in [0.1, 0.15) is 6.04 Å². The van der Waals surface area contributed by atoms with Gasteiger partial charge in [0.15, 0.2) is 5.78 Å². The Balaban J connectivity index is 1.82. The minimum Gasteiger partial charge on any atom is -0.291 e. The third-order valence-electron chi connectivity index (χ3n) is 3.91. The van der Waals surface area contributed by atoms with Crippen LogP contribution in [0.3, 0.4) is 0 Å². The molecule has 2 aromatic rings. The Hall–Kier alpha value is -1.99. The highest BCUT2D eigenvalue weighted by Crippen LogP contribution is 2.27. The Kier molecular flexibility index (Phi) is 4.56. The summed E-state index contributed by atoms with van der Waals surface area (Å²) in [6.07, 6.45) is 0. The van der Waals surface area contributed by atoms with E-state index in [0.717, 1.165) is 14.2 Å². The van der Waals surface area contributed by atoms with Crippen LogP contribution in [-0.4, -0.2) is 35.2 Å². The number of urea groups is 1. The van der Waals surface area contributed by atoms with Crippen LogP contribution < -0.4 is 4.90 Å². The van der Waals surface area contributed by atoms with Gasteiger partial charge in [-0.05, 0) is 54.0 Å². The number of carbonyl (C=O) groups is 3. The molecule has 3 amide bonds. The van der Waals surface area contributed by atoms with Gasteiger partial charge in [-0.3, -0.25) is 19.4 Å². The Labute approximate surface area is 152 Å². The molecule has 1 aromatic carbocycles. The first-order chi connectivity index (χ1) is 11.4. The fourth-order valence-electron chi connectivity index (χ4n) is 2.60. The van der Waals surface area contributed by atoms with E-state index in [9.17, 15) is 14.4 Å². The van der Waals surface area contributed by atoms with Gasteiger partial charge in [0.2, 0.25) is 0 Å².